The maximum absolute atomic E-state index is 2.36. The van der Waals surface area contributed by atoms with Crippen LogP contribution in [-0.4, -0.2) is 0 Å². The zero-order valence-corrected chi connectivity index (χ0v) is 10.6. The van der Waals surface area contributed by atoms with Crippen molar-refractivity contribution in [3.63, 3.8) is 0 Å². The molecule has 0 unspecified atom stereocenters. The molecule has 0 fully saturated rings. The van der Waals surface area contributed by atoms with Crippen molar-refractivity contribution >= 4 is 0 Å². The van der Waals surface area contributed by atoms with E-state index < -0.39 is 0 Å². The van der Waals surface area contributed by atoms with Crippen molar-refractivity contribution in [3.05, 3.63) is 12.2 Å². The minimum absolute atomic E-state index is 0.493. The highest BCUT2D eigenvalue weighted by atomic mass is 14.1. The van der Waals surface area contributed by atoms with Crippen LogP contribution in [0.5, 0.6) is 0 Å². The average Bonchev–Trinajstić information content (AvgIpc) is 2.08. The Bertz CT molecular complexity index is 137. The molecule has 0 heterocycles. The molecule has 0 aromatic heterocycles. The number of unbranched alkanes of at least 4 members (excludes halogenated alkanes) is 4. The summed E-state index contributed by atoms with van der Waals surface area (Å²) < 4.78 is 0. The van der Waals surface area contributed by atoms with Gasteiger partial charge in [0.2, 0.25) is 0 Å². The minimum atomic E-state index is 0.493. The molecule has 0 radical (unpaired) electrons. The largest absolute Gasteiger partial charge is 0.0885 e. The molecule has 0 saturated heterocycles. The molecule has 0 rings (SSSR count). The first-order valence-corrected chi connectivity index (χ1v) is 6.21. The van der Waals surface area contributed by atoms with Crippen LogP contribution < -0.4 is 0 Å². The lowest BCUT2D eigenvalue weighted by Gasteiger charge is -2.15. The Morgan fingerprint density at radius 3 is 2.07 bits per heavy atom. The third-order valence-corrected chi connectivity index (χ3v) is 2.45. The smallest absolute Gasteiger partial charge is 0.0346 e. The molecule has 0 nitrogen and oxygen atoms in total. The van der Waals surface area contributed by atoms with Gasteiger partial charge in [0.25, 0.3) is 0 Å². The zero-order chi connectivity index (χ0) is 10.9. The van der Waals surface area contributed by atoms with Crippen LogP contribution >= 0.6 is 0 Å². The Balaban J connectivity index is 3.20. The molecule has 84 valence electrons. The second kappa shape index (κ2) is 8.08. The second-order valence-electron chi connectivity index (χ2n) is 5.42. The topological polar surface area (TPSA) is 0 Å². The third-order valence-electron chi connectivity index (χ3n) is 2.45. The van der Waals surface area contributed by atoms with Gasteiger partial charge in [0.15, 0.2) is 0 Å². The van der Waals surface area contributed by atoms with Crippen LogP contribution in [0.15, 0.2) is 12.2 Å². The van der Waals surface area contributed by atoms with Crippen LogP contribution in [-0.2, 0) is 0 Å². The predicted molar refractivity (Wildman–Crippen MR) is 66.6 cm³/mol. The lowest BCUT2D eigenvalue weighted by atomic mass is 9.90. The molecule has 0 spiro atoms. The van der Waals surface area contributed by atoms with Gasteiger partial charge >= 0.3 is 0 Å². The Labute approximate surface area is 90.8 Å². The fourth-order valence-corrected chi connectivity index (χ4v) is 1.44. The molecule has 0 heteroatoms. The molecule has 0 saturated carbocycles. The van der Waals surface area contributed by atoms with Gasteiger partial charge < -0.3 is 0 Å². The van der Waals surface area contributed by atoms with E-state index in [1.165, 1.54) is 44.9 Å². The van der Waals surface area contributed by atoms with E-state index in [0.717, 1.165) is 0 Å². The maximum Gasteiger partial charge on any atom is -0.0346 e. The van der Waals surface area contributed by atoms with Crippen molar-refractivity contribution in [1.82, 2.24) is 0 Å². The highest BCUT2D eigenvalue weighted by molar-refractivity contribution is 4.82. The first-order chi connectivity index (χ1) is 6.56. The van der Waals surface area contributed by atoms with E-state index in [1.807, 2.05) is 0 Å². The predicted octanol–water partition coefficient (Wildman–Crippen LogP) is 5.34. The van der Waals surface area contributed by atoms with Crippen molar-refractivity contribution in [2.45, 2.75) is 72.6 Å². The van der Waals surface area contributed by atoms with Crippen LogP contribution in [0.1, 0.15) is 72.6 Å². The zero-order valence-electron chi connectivity index (χ0n) is 10.6. The summed E-state index contributed by atoms with van der Waals surface area (Å²) in [4.78, 5) is 0. The van der Waals surface area contributed by atoms with Gasteiger partial charge in [0, 0.05) is 0 Å². The number of rotatable bonds is 7. The number of hydrogen-bond donors (Lipinski definition) is 0. The Kier molecular flexibility index (Phi) is 7.93. The van der Waals surface area contributed by atoms with E-state index in [9.17, 15) is 0 Å². The van der Waals surface area contributed by atoms with E-state index >= 15 is 0 Å². The van der Waals surface area contributed by atoms with E-state index in [1.54, 1.807) is 0 Å². The molecule has 0 amide bonds. The highest BCUT2D eigenvalue weighted by Crippen LogP contribution is 2.20. The SMILES string of the molecule is CCCCCC/C=C\CCC(C)(C)C. The first-order valence-electron chi connectivity index (χ1n) is 6.21. The summed E-state index contributed by atoms with van der Waals surface area (Å²) in [5, 5.41) is 0. The second-order valence-corrected chi connectivity index (χ2v) is 5.42. The van der Waals surface area contributed by atoms with Crippen molar-refractivity contribution in [2.75, 3.05) is 0 Å². The minimum Gasteiger partial charge on any atom is -0.0885 e. The van der Waals surface area contributed by atoms with Gasteiger partial charge in [-0.2, -0.15) is 0 Å². The van der Waals surface area contributed by atoms with Gasteiger partial charge in [-0.05, 0) is 31.1 Å². The van der Waals surface area contributed by atoms with Gasteiger partial charge in [-0.1, -0.05) is 59.1 Å². The molecule has 0 atom stereocenters. The van der Waals surface area contributed by atoms with Crippen LogP contribution in [0.3, 0.4) is 0 Å². The van der Waals surface area contributed by atoms with Crippen molar-refractivity contribution in [2.24, 2.45) is 5.41 Å². The lowest BCUT2D eigenvalue weighted by Crippen LogP contribution is -2.02. The maximum atomic E-state index is 2.36. The van der Waals surface area contributed by atoms with E-state index in [4.69, 9.17) is 0 Å². The van der Waals surface area contributed by atoms with Crippen molar-refractivity contribution in [1.29, 1.82) is 0 Å². The average molecular weight is 196 g/mol. The summed E-state index contributed by atoms with van der Waals surface area (Å²) in [6, 6.07) is 0. The summed E-state index contributed by atoms with van der Waals surface area (Å²) in [7, 11) is 0. The Morgan fingerprint density at radius 1 is 0.857 bits per heavy atom. The summed E-state index contributed by atoms with van der Waals surface area (Å²) in [6.07, 6.45) is 14.1. The molecular weight excluding hydrogens is 168 g/mol. The monoisotopic (exact) mass is 196 g/mol. The number of hydrogen-bond acceptors (Lipinski definition) is 0. The molecule has 0 aliphatic heterocycles. The molecule has 14 heavy (non-hydrogen) atoms. The van der Waals surface area contributed by atoms with Gasteiger partial charge in [0.1, 0.15) is 0 Å². The quantitative estimate of drug-likeness (QED) is 0.381. The lowest BCUT2D eigenvalue weighted by molar-refractivity contribution is 0.381. The number of allylic oxidation sites excluding steroid dienone is 2. The fraction of sp³-hybridized carbons (Fsp3) is 0.857. The molecule has 0 aliphatic carbocycles. The van der Waals surface area contributed by atoms with Crippen molar-refractivity contribution < 1.29 is 0 Å². The van der Waals surface area contributed by atoms with Gasteiger partial charge in [-0.3, -0.25) is 0 Å². The fourth-order valence-electron chi connectivity index (χ4n) is 1.44. The van der Waals surface area contributed by atoms with Gasteiger partial charge in [-0.15, -0.1) is 0 Å². The van der Waals surface area contributed by atoms with Gasteiger partial charge in [0.05, 0.1) is 0 Å². The summed E-state index contributed by atoms with van der Waals surface area (Å²) >= 11 is 0. The first kappa shape index (κ1) is 13.7. The molecule has 0 bridgehead atoms. The summed E-state index contributed by atoms with van der Waals surface area (Å²) in [5.41, 5.74) is 0.493. The summed E-state index contributed by atoms with van der Waals surface area (Å²) in [5.74, 6) is 0. The standard InChI is InChI=1S/C14H28/c1-5-6-7-8-9-10-11-12-13-14(2,3)4/h10-11H,5-9,12-13H2,1-4H3/b11-10-. The molecular formula is C14H28. The Hall–Kier alpha value is -0.260. The molecule has 0 aromatic rings. The van der Waals surface area contributed by atoms with Crippen LogP contribution in [0.25, 0.3) is 0 Å². The van der Waals surface area contributed by atoms with E-state index in [2.05, 4.69) is 39.8 Å². The summed E-state index contributed by atoms with van der Waals surface area (Å²) in [6.45, 7) is 9.19. The van der Waals surface area contributed by atoms with E-state index in [-0.39, 0.29) is 0 Å². The van der Waals surface area contributed by atoms with Crippen molar-refractivity contribution in [3.8, 4) is 0 Å². The van der Waals surface area contributed by atoms with Crippen LogP contribution in [0.4, 0.5) is 0 Å². The van der Waals surface area contributed by atoms with Gasteiger partial charge in [-0.25, -0.2) is 0 Å². The molecule has 0 aromatic carbocycles. The van der Waals surface area contributed by atoms with E-state index in [0.29, 0.717) is 5.41 Å². The third kappa shape index (κ3) is 11.7. The van der Waals surface area contributed by atoms with Crippen LogP contribution in [0.2, 0.25) is 0 Å². The Morgan fingerprint density at radius 2 is 1.50 bits per heavy atom. The normalized spacial score (nSPS) is 12.6. The highest BCUT2D eigenvalue weighted by Gasteiger charge is 2.07. The van der Waals surface area contributed by atoms with Crippen LogP contribution in [0, 0.1) is 5.41 Å². The molecule has 0 N–H and O–H groups in total. The molecule has 0 aliphatic rings.